The number of aromatic amines is 1. The Kier molecular flexibility index (Phi) is 7.17. The van der Waals surface area contributed by atoms with Gasteiger partial charge in [-0.2, -0.15) is 0 Å². The van der Waals surface area contributed by atoms with E-state index in [0.29, 0.717) is 0 Å². The first-order chi connectivity index (χ1) is 27.2. The van der Waals surface area contributed by atoms with E-state index in [-0.39, 0.29) is 0 Å². The molecule has 3 heteroatoms. The minimum atomic E-state index is 1.07. The lowest BCUT2D eigenvalue weighted by atomic mass is 9.96. The summed E-state index contributed by atoms with van der Waals surface area (Å²) < 4.78 is 2.42. The minimum absolute atomic E-state index is 1.07. The molecule has 0 unspecified atom stereocenters. The lowest BCUT2D eigenvalue weighted by molar-refractivity contribution is 1.18. The predicted molar refractivity (Wildman–Crippen MR) is 234 cm³/mol. The quantitative estimate of drug-likeness (QED) is 0.178. The summed E-state index contributed by atoms with van der Waals surface area (Å²) >= 11 is 0. The summed E-state index contributed by atoms with van der Waals surface area (Å²) in [5, 5.41) is 11.1. The molecule has 3 nitrogen and oxygen atoms in total. The number of anilines is 2. The summed E-state index contributed by atoms with van der Waals surface area (Å²) in [4.78, 5) is 3.69. The van der Waals surface area contributed by atoms with E-state index in [1.807, 2.05) is 0 Å². The van der Waals surface area contributed by atoms with Crippen LogP contribution in [0.1, 0.15) is 0 Å². The molecule has 0 bridgehead atoms. The van der Waals surface area contributed by atoms with E-state index < -0.39 is 0 Å². The second-order valence-electron chi connectivity index (χ2n) is 14.4. The molecule has 0 aliphatic rings. The van der Waals surface area contributed by atoms with Crippen molar-refractivity contribution in [2.24, 2.45) is 0 Å². The fraction of sp³-hybridized carbons (Fsp3) is 0. The van der Waals surface area contributed by atoms with Gasteiger partial charge in [0.15, 0.2) is 0 Å². The summed E-state index contributed by atoms with van der Waals surface area (Å²) in [5.41, 5.74) is 15.0. The molecule has 0 atom stereocenters. The van der Waals surface area contributed by atoms with Crippen LogP contribution in [-0.4, -0.2) is 9.55 Å². The highest BCUT2D eigenvalue weighted by atomic mass is 15.0. The van der Waals surface area contributed by atoms with E-state index in [9.17, 15) is 0 Å². The predicted octanol–water partition coefficient (Wildman–Crippen LogP) is 14.3. The summed E-state index contributed by atoms with van der Waals surface area (Å²) in [7, 11) is 0. The zero-order chi connectivity index (χ0) is 36.3. The zero-order valence-electron chi connectivity index (χ0n) is 30.0. The number of H-pyrrole nitrogens is 1. The molecule has 0 aliphatic carbocycles. The van der Waals surface area contributed by atoms with Crippen LogP contribution in [0.3, 0.4) is 0 Å². The number of fused-ring (bicyclic) bond motifs is 7. The first kappa shape index (κ1) is 31.2. The van der Waals surface area contributed by atoms with Crippen LogP contribution >= 0.6 is 0 Å². The standard InChI is InChI=1S/C52H35N3/c1-3-11-34(12-4-1)36-20-25-42(26-21-36)55-51-28-23-40(31-46(51)47-32-45-43-17-9-10-18-48(43)54-50(45)33-52(47)55)39-22-27-49(44(30-39)37-14-5-2-6-15-37)53-41-24-19-35-13-7-8-16-38(35)29-41/h1-33,53-54H. The topological polar surface area (TPSA) is 32.8 Å². The third-order valence-electron chi connectivity index (χ3n) is 11.1. The molecule has 11 aromatic rings. The largest absolute Gasteiger partial charge is 0.355 e. The molecule has 2 N–H and O–H groups in total. The molecule has 258 valence electrons. The average molecular weight is 702 g/mol. The first-order valence-electron chi connectivity index (χ1n) is 18.8. The Morgan fingerprint density at radius 1 is 0.364 bits per heavy atom. The fourth-order valence-corrected chi connectivity index (χ4v) is 8.37. The number of benzene rings is 9. The summed E-state index contributed by atoms with van der Waals surface area (Å²) in [6.07, 6.45) is 0. The molecule has 11 rings (SSSR count). The molecule has 0 amide bonds. The molecule has 0 spiro atoms. The van der Waals surface area contributed by atoms with Crippen molar-refractivity contribution in [1.82, 2.24) is 9.55 Å². The number of hydrogen-bond acceptors (Lipinski definition) is 1. The van der Waals surface area contributed by atoms with Crippen LogP contribution in [0.5, 0.6) is 0 Å². The van der Waals surface area contributed by atoms with Gasteiger partial charge in [-0.05, 0) is 105 Å². The minimum Gasteiger partial charge on any atom is -0.355 e. The van der Waals surface area contributed by atoms with Gasteiger partial charge in [-0.15, -0.1) is 0 Å². The smallest absolute Gasteiger partial charge is 0.0562 e. The molecule has 55 heavy (non-hydrogen) atoms. The first-order valence-corrected chi connectivity index (χ1v) is 18.8. The Balaban J connectivity index is 1.08. The van der Waals surface area contributed by atoms with Gasteiger partial charge in [0.2, 0.25) is 0 Å². The van der Waals surface area contributed by atoms with Crippen molar-refractivity contribution >= 4 is 65.8 Å². The number of aromatic nitrogens is 2. The fourth-order valence-electron chi connectivity index (χ4n) is 8.37. The van der Waals surface area contributed by atoms with Crippen LogP contribution < -0.4 is 5.32 Å². The summed E-state index contributed by atoms with van der Waals surface area (Å²) in [6, 6.07) is 72.4. The van der Waals surface area contributed by atoms with Gasteiger partial charge in [-0.3, -0.25) is 0 Å². The van der Waals surface area contributed by atoms with Gasteiger partial charge in [0.25, 0.3) is 0 Å². The Bertz CT molecular complexity index is 3210. The lowest BCUT2D eigenvalue weighted by Gasteiger charge is -2.15. The van der Waals surface area contributed by atoms with Crippen LogP contribution in [0.25, 0.3) is 93.5 Å². The van der Waals surface area contributed by atoms with Crippen LogP contribution in [0.2, 0.25) is 0 Å². The monoisotopic (exact) mass is 701 g/mol. The van der Waals surface area contributed by atoms with Gasteiger partial charge in [-0.25, -0.2) is 0 Å². The Labute approximate surface area is 318 Å². The second kappa shape index (κ2) is 12.6. The molecule has 0 saturated heterocycles. The molecule has 0 saturated carbocycles. The van der Waals surface area contributed by atoms with Crippen LogP contribution in [-0.2, 0) is 0 Å². The van der Waals surface area contributed by atoms with E-state index in [1.54, 1.807) is 0 Å². The van der Waals surface area contributed by atoms with E-state index in [0.717, 1.165) is 33.7 Å². The van der Waals surface area contributed by atoms with Crippen molar-refractivity contribution in [3.8, 4) is 39.1 Å². The van der Waals surface area contributed by atoms with E-state index in [2.05, 4.69) is 215 Å². The number of nitrogens with one attached hydrogen (secondary N) is 2. The van der Waals surface area contributed by atoms with Gasteiger partial charge in [0, 0.05) is 55.2 Å². The van der Waals surface area contributed by atoms with E-state index >= 15 is 0 Å². The van der Waals surface area contributed by atoms with Gasteiger partial charge in [-0.1, -0.05) is 133 Å². The highest BCUT2D eigenvalue weighted by Crippen LogP contribution is 2.41. The van der Waals surface area contributed by atoms with Crippen LogP contribution in [0.15, 0.2) is 200 Å². The normalized spacial score (nSPS) is 11.6. The average Bonchev–Trinajstić information content (AvgIpc) is 3.78. The van der Waals surface area contributed by atoms with Crippen molar-refractivity contribution in [3.63, 3.8) is 0 Å². The van der Waals surface area contributed by atoms with Gasteiger partial charge >= 0.3 is 0 Å². The Morgan fingerprint density at radius 2 is 1.02 bits per heavy atom. The van der Waals surface area contributed by atoms with E-state index in [4.69, 9.17) is 0 Å². The number of para-hydroxylation sites is 1. The number of nitrogens with zero attached hydrogens (tertiary/aromatic N) is 1. The molecule has 0 radical (unpaired) electrons. The van der Waals surface area contributed by atoms with Crippen molar-refractivity contribution in [3.05, 3.63) is 200 Å². The molecule has 2 aromatic heterocycles. The SMILES string of the molecule is c1ccc(-c2ccc(-n3c4ccc(-c5ccc(Nc6ccc7ccccc7c6)c(-c6ccccc6)c5)cc4c4cc5c(cc43)[nH]c3ccccc35)cc2)cc1. The molecule has 2 heterocycles. The highest BCUT2D eigenvalue weighted by Gasteiger charge is 2.17. The third-order valence-corrected chi connectivity index (χ3v) is 11.1. The van der Waals surface area contributed by atoms with Crippen LogP contribution in [0, 0.1) is 0 Å². The second-order valence-corrected chi connectivity index (χ2v) is 14.4. The summed E-state index contributed by atoms with van der Waals surface area (Å²) in [5.74, 6) is 0. The van der Waals surface area contributed by atoms with Crippen molar-refractivity contribution < 1.29 is 0 Å². The molecular weight excluding hydrogens is 667 g/mol. The Hall–Kier alpha value is -7.36. The third kappa shape index (κ3) is 5.36. The molecule has 0 fully saturated rings. The highest BCUT2D eigenvalue weighted by molar-refractivity contribution is 6.18. The molecular formula is C52H35N3. The maximum Gasteiger partial charge on any atom is 0.0562 e. The van der Waals surface area contributed by atoms with Gasteiger partial charge in [0.1, 0.15) is 0 Å². The van der Waals surface area contributed by atoms with Crippen LogP contribution in [0.4, 0.5) is 11.4 Å². The number of rotatable bonds is 6. The van der Waals surface area contributed by atoms with E-state index in [1.165, 1.54) is 71.2 Å². The van der Waals surface area contributed by atoms with Crippen molar-refractivity contribution in [1.29, 1.82) is 0 Å². The number of hydrogen-bond donors (Lipinski definition) is 2. The van der Waals surface area contributed by atoms with Gasteiger partial charge in [0.05, 0.1) is 11.0 Å². The summed E-state index contributed by atoms with van der Waals surface area (Å²) in [6.45, 7) is 0. The molecule has 0 aliphatic heterocycles. The maximum absolute atomic E-state index is 3.75. The van der Waals surface area contributed by atoms with Gasteiger partial charge < -0.3 is 14.9 Å². The molecule has 9 aromatic carbocycles. The Morgan fingerprint density at radius 3 is 1.85 bits per heavy atom. The van der Waals surface area contributed by atoms with Crippen molar-refractivity contribution in [2.45, 2.75) is 0 Å². The zero-order valence-corrected chi connectivity index (χ0v) is 30.0. The maximum atomic E-state index is 3.75. The lowest BCUT2D eigenvalue weighted by Crippen LogP contribution is -1.95. The van der Waals surface area contributed by atoms with Crippen molar-refractivity contribution in [2.75, 3.05) is 5.32 Å².